The number of nitrogens with zero attached hydrogens (tertiary/aromatic N) is 1. The number of amides is 1. The molecule has 2 N–H and O–H groups in total. The second kappa shape index (κ2) is 8.31. The zero-order chi connectivity index (χ0) is 16.7. The Hall–Kier alpha value is -2.37. The fourth-order valence-corrected chi connectivity index (χ4v) is 2.23. The summed E-state index contributed by atoms with van der Waals surface area (Å²) in [7, 11) is 3.69. The highest BCUT2D eigenvalue weighted by molar-refractivity contribution is 5.84. The molecule has 0 saturated heterocycles. The van der Waals surface area contributed by atoms with Gasteiger partial charge in [-0.3, -0.25) is 5.32 Å². The average Bonchev–Trinajstić information content (AvgIpc) is 2.56. The molecule has 23 heavy (non-hydrogen) atoms. The van der Waals surface area contributed by atoms with Crippen LogP contribution in [0, 0.1) is 0 Å². The summed E-state index contributed by atoms with van der Waals surface area (Å²) in [6.07, 6.45) is -1.28. The molecule has 0 aliphatic rings. The van der Waals surface area contributed by atoms with Gasteiger partial charge in [0.2, 0.25) is 0 Å². The summed E-state index contributed by atoms with van der Waals surface area (Å²) < 4.78 is 5.26. The van der Waals surface area contributed by atoms with Crippen molar-refractivity contribution < 1.29 is 14.6 Å². The second-order valence-corrected chi connectivity index (χ2v) is 5.48. The normalized spacial score (nSPS) is 13.4. The quantitative estimate of drug-likeness (QED) is 0.860. The number of aliphatic hydroxyl groups is 1. The van der Waals surface area contributed by atoms with Gasteiger partial charge in [-0.25, -0.2) is 4.79 Å². The molecule has 0 spiro atoms. The van der Waals surface area contributed by atoms with Crippen LogP contribution in [0.15, 0.2) is 60.7 Å². The fraction of sp³-hybridized carbons (Fsp3) is 0.278. The van der Waals surface area contributed by atoms with Gasteiger partial charge >= 0.3 is 6.09 Å². The molecule has 0 aromatic heterocycles. The number of hydrogen-bond donors (Lipinski definition) is 2. The zero-order valence-electron chi connectivity index (χ0n) is 13.3. The minimum Gasteiger partial charge on any atom is -0.448 e. The van der Waals surface area contributed by atoms with Crippen LogP contribution in [0.4, 0.5) is 10.5 Å². The van der Waals surface area contributed by atoms with Crippen molar-refractivity contribution in [3.8, 4) is 0 Å². The van der Waals surface area contributed by atoms with Crippen molar-refractivity contribution in [2.45, 2.75) is 12.1 Å². The summed E-state index contributed by atoms with van der Waals surface area (Å²) >= 11 is 0. The third kappa shape index (κ3) is 5.09. The summed E-state index contributed by atoms with van der Waals surface area (Å²) in [4.78, 5) is 13.7. The van der Waals surface area contributed by atoms with Crippen LogP contribution in [0.1, 0.15) is 11.7 Å². The Morgan fingerprint density at radius 1 is 1.09 bits per heavy atom. The fourth-order valence-electron chi connectivity index (χ4n) is 2.23. The zero-order valence-corrected chi connectivity index (χ0v) is 13.3. The SMILES string of the molecule is CN(C)C(COC(=O)Nc1ccccc1)C(O)c1ccccc1. The van der Waals surface area contributed by atoms with Crippen molar-refractivity contribution in [2.75, 3.05) is 26.0 Å². The van der Waals surface area contributed by atoms with Gasteiger partial charge in [-0.1, -0.05) is 48.5 Å². The van der Waals surface area contributed by atoms with Crippen molar-refractivity contribution in [3.05, 3.63) is 66.2 Å². The Labute approximate surface area is 136 Å². The highest BCUT2D eigenvalue weighted by Gasteiger charge is 2.24. The van der Waals surface area contributed by atoms with Crippen molar-refractivity contribution in [1.82, 2.24) is 4.90 Å². The Balaban J connectivity index is 1.93. The lowest BCUT2D eigenvalue weighted by Gasteiger charge is -2.28. The first kappa shape index (κ1) is 17.0. The van der Waals surface area contributed by atoms with Gasteiger partial charge in [0.25, 0.3) is 0 Å². The van der Waals surface area contributed by atoms with Gasteiger partial charge in [-0.05, 0) is 31.8 Å². The molecule has 2 atom stereocenters. The Kier molecular flexibility index (Phi) is 6.14. The highest BCUT2D eigenvalue weighted by atomic mass is 16.5. The monoisotopic (exact) mass is 314 g/mol. The number of nitrogens with one attached hydrogen (secondary N) is 1. The van der Waals surface area contributed by atoms with Crippen molar-refractivity contribution in [1.29, 1.82) is 0 Å². The number of aliphatic hydroxyl groups excluding tert-OH is 1. The maximum Gasteiger partial charge on any atom is 0.411 e. The average molecular weight is 314 g/mol. The molecule has 0 fully saturated rings. The predicted molar refractivity (Wildman–Crippen MR) is 90.3 cm³/mol. The number of ether oxygens (including phenoxy) is 1. The number of para-hydroxylation sites is 1. The first-order valence-corrected chi connectivity index (χ1v) is 7.46. The van der Waals surface area contributed by atoms with Crippen LogP contribution < -0.4 is 5.32 Å². The molecule has 0 aliphatic carbocycles. The van der Waals surface area contributed by atoms with Crippen LogP contribution in [0.3, 0.4) is 0 Å². The van der Waals surface area contributed by atoms with E-state index in [1.807, 2.05) is 67.5 Å². The van der Waals surface area contributed by atoms with Crippen LogP contribution >= 0.6 is 0 Å². The predicted octanol–water partition coefficient (Wildman–Crippen LogP) is 2.90. The number of benzene rings is 2. The lowest BCUT2D eigenvalue weighted by molar-refractivity contribution is 0.0324. The Bertz CT molecular complexity index is 602. The van der Waals surface area contributed by atoms with E-state index in [9.17, 15) is 9.90 Å². The molecule has 5 heteroatoms. The Morgan fingerprint density at radius 2 is 1.65 bits per heavy atom. The molecule has 2 rings (SSSR count). The summed E-state index contributed by atoms with van der Waals surface area (Å²) in [5, 5.41) is 13.2. The van der Waals surface area contributed by atoms with Gasteiger partial charge in [0, 0.05) is 5.69 Å². The van der Waals surface area contributed by atoms with Gasteiger partial charge in [0.15, 0.2) is 0 Å². The minimum atomic E-state index is -0.740. The number of carbonyl (C=O) groups is 1. The molecule has 2 aromatic carbocycles. The van der Waals surface area contributed by atoms with E-state index in [1.54, 1.807) is 12.1 Å². The standard InChI is InChI=1S/C18H22N2O3/c1-20(2)16(17(21)14-9-5-3-6-10-14)13-23-18(22)19-15-11-7-4-8-12-15/h3-12,16-17,21H,13H2,1-2H3,(H,19,22). The van der Waals surface area contributed by atoms with Crippen LogP contribution in [-0.2, 0) is 4.74 Å². The van der Waals surface area contributed by atoms with Crippen LogP contribution in [-0.4, -0.2) is 42.8 Å². The maximum absolute atomic E-state index is 11.9. The molecule has 122 valence electrons. The first-order valence-electron chi connectivity index (χ1n) is 7.46. The molecule has 0 aliphatic heterocycles. The number of hydrogen-bond acceptors (Lipinski definition) is 4. The Morgan fingerprint density at radius 3 is 2.22 bits per heavy atom. The van der Waals surface area contributed by atoms with Gasteiger partial charge in [-0.2, -0.15) is 0 Å². The van der Waals surface area contributed by atoms with E-state index in [-0.39, 0.29) is 12.6 Å². The van der Waals surface area contributed by atoms with E-state index in [4.69, 9.17) is 4.74 Å². The van der Waals surface area contributed by atoms with Gasteiger partial charge in [0.1, 0.15) is 6.61 Å². The topological polar surface area (TPSA) is 61.8 Å². The minimum absolute atomic E-state index is 0.0850. The summed E-state index contributed by atoms with van der Waals surface area (Å²) in [6, 6.07) is 18.1. The molecule has 2 unspecified atom stereocenters. The molecule has 0 saturated carbocycles. The van der Waals surface area contributed by atoms with Gasteiger partial charge < -0.3 is 14.7 Å². The van der Waals surface area contributed by atoms with E-state index in [0.717, 1.165) is 5.56 Å². The molecular formula is C18H22N2O3. The summed E-state index contributed by atoms with van der Waals surface area (Å²) in [5.41, 5.74) is 1.46. The first-order chi connectivity index (χ1) is 11.1. The second-order valence-electron chi connectivity index (χ2n) is 5.48. The van der Waals surface area contributed by atoms with Gasteiger partial charge in [0.05, 0.1) is 12.1 Å². The molecule has 5 nitrogen and oxygen atoms in total. The molecule has 0 heterocycles. The van der Waals surface area contributed by atoms with Crippen LogP contribution in [0.2, 0.25) is 0 Å². The third-order valence-corrected chi connectivity index (χ3v) is 3.57. The summed E-state index contributed by atoms with van der Waals surface area (Å²) in [5.74, 6) is 0. The lowest BCUT2D eigenvalue weighted by Crippen LogP contribution is -2.39. The van der Waals surface area contributed by atoms with E-state index < -0.39 is 12.2 Å². The number of carbonyl (C=O) groups excluding carboxylic acids is 1. The van der Waals surface area contributed by atoms with E-state index in [2.05, 4.69) is 5.32 Å². The summed E-state index contributed by atoms with van der Waals surface area (Å²) in [6.45, 7) is 0.0850. The highest BCUT2D eigenvalue weighted by Crippen LogP contribution is 2.20. The maximum atomic E-state index is 11.9. The molecular weight excluding hydrogens is 292 g/mol. The molecule has 1 amide bonds. The van der Waals surface area contributed by atoms with Crippen molar-refractivity contribution in [2.24, 2.45) is 0 Å². The number of rotatable bonds is 6. The van der Waals surface area contributed by atoms with E-state index >= 15 is 0 Å². The molecule has 2 aromatic rings. The van der Waals surface area contributed by atoms with Crippen LogP contribution in [0.5, 0.6) is 0 Å². The number of likely N-dealkylation sites (N-methyl/N-ethyl adjacent to an activating group) is 1. The molecule has 0 radical (unpaired) electrons. The lowest BCUT2D eigenvalue weighted by atomic mass is 10.0. The van der Waals surface area contributed by atoms with Crippen molar-refractivity contribution >= 4 is 11.8 Å². The van der Waals surface area contributed by atoms with Crippen molar-refractivity contribution in [3.63, 3.8) is 0 Å². The van der Waals surface area contributed by atoms with Gasteiger partial charge in [-0.15, -0.1) is 0 Å². The van der Waals surface area contributed by atoms with Crippen LogP contribution in [0.25, 0.3) is 0 Å². The van der Waals surface area contributed by atoms with E-state index in [0.29, 0.717) is 5.69 Å². The van der Waals surface area contributed by atoms with E-state index in [1.165, 1.54) is 0 Å². The third-order valence-electron chi connectivity index (χ3n) is 3.57. The smallest absolute Gasteiger partial charge is 0.411 e. The molecule has 0 bridgehead atoms. The largest absolute Gasteiger partial charge is 0.448 e. The number of anilines is 1.